The van der Waals surface area contributed by atoms with Crippen molar-refractivity contribution in [3.63, 3.8) is 0 Å². The van der Waals surface area contributed by atoms with Gasteiger partial charge in [-0.15, -0.1) is 11.3 Å². The fourth-order valence-corrected chi connectivity index (χ4v) is 7.48. The van der Waals surface area contributed by atoms with Crippen LogP contribution in [0.4, 0.5) is 0 Å². The summed E-state index contributed by atoms with van der Waals surface area (Å²) in [4.78, 5) is 17.6. The van der Waals surface area contributed by atoms with Crippen LogP contribution >= 0.6 is 11.3 Å². The molecule has 0 saturated carbocycles. The third kappa shape index (κ3) is 5.94. The summed E-state index contributed by atoms with van der Waals surface area (Å²) in [6, 6.07) is 22.0. The molecule has 0 spiro atoms. The van der Waals surface area contributed by atoms with Crippen molar-refractivity contribution in [1.29, 1.82) is 0 Å². The molecule has 2 aliphatic rings. The minimum atomic E-state index is 0.775. The van der Waals surface area contributed by atoms with E-state index in [9.17, 15) is 0 Å². The van der Waals surface area contributed by atoms with Gasteiger partial charge in [-0.1, -0.05) is 53.4 Å². The number of rotatable bonds is 8. The van der Waals surface area contributed by atoms with Crippen LogP contribution in [0.1, 0.15) is 100 Å². The number of hydrogen-bond acceptors (Lipinski definition) is 4. The number of thiophene rings is 1. The van der Waals surface area contributed by atoms with Gasteiger partial charge in [0.15, 0.2) is 11.2 Å². The van der Waals surface area contributed by atoms with Crippen molar-refractivity contribution in [2.45, 2.75) is 79.1 Å². The number of aromatic amines is 2. The molecule has 12 bridgehead atoms. The van der Waals surface area contributed by atoms with E-state index in [1.807, 2.05) is 23.5 Å². The van der Waals surface area contributed by atoms with E-state index < -0.39 is 0 Å². The predicted molar refractivity (Wildman–Crippen MR) is 197 cm³/mol. The SMILES string of the molecule is CCCC1=Cc2nc1ccc1[nH]c(cc1CCC)c1ccc(s1)c1cc(CCC)c(ccc3nc(c4ccc2o4)C=C3CCC)[nH]1. The van der Waals surface area contributed by atoms with Crippen LogP contribution in [-0.2, 0) is 12.8 Å². The molecule has 2 aliphatic heterocycles. The lowest BCUT2D eigenvalue weighted by Crippen LogP contribution is -1.81. The van der Waals surface area contributed by atoms with E-state index in [2.05, 4.69) is 98.3 Å². The normalized spacial score (nSPS) is 12.9. The second-order valence-corrected chi connectivity index (χ2v) is 13.4. The van der Waals surface area contributed by atoms with Crippen molar-refractivity contribution in [2.24, 2.45) is 0 Å². The van der Waals surface area contributed by atoms with Crippen LogP contribution in [0.3, 0.4) is 0 Å². The first-order valence-electron chi connectivity index (χ1n) is 16.9. The molecule has 0 unspecified atom stereocenters. The zero-order valence-electron chi connectivity index (χ0n) is 27.3. The molecule has 7 heterocycles. The lowest BCUT2D eigenvalue weighted by molar-refractivity contribution is 0.660. The Hall–Kier alpha value is -4.42. The third-order valence-electron chi connectivity index (χ3n) is 8.77. The van der Waals surface area contributed by atoms with Gasteiger partial charge in [0.25, 0.3) is 0 Å². The molecule has 2 N–H and O–H groups in total. The van der Waals surface area contributed by atoms with E-state index in [0.717, 1.165) is 107 Å². The molecule has 0 saturated heterocycles. The van der Waals surface area contributed by atoms with Crippen molar-refractivity contribution >= 4 is 77.3 Å². The Morgan fingerprint density at radius 1 is 0.543 bits per heavy atom. The lowest BCUT2D eigenvalue weighted by Gasteiger charge is -1.97. The molecule has 234 valence electrons. The number of aryl methyl sites for hydroxylation is 2. The van der Waals surface area contributed by atoms with Crippen molar-refractivity contribution < 1.29 is 4.42 Å². The molecule has 5 nitrogen and oxygen atoms in total. The number of allylic oxidation sites excluding steroid dienone is 2. The number of hydrogen-bond donors (Lipinski definition) is 2. The van der Waals surface area contributed by atoms with Gasteiger partial charge in [-0.25, -0.2) is 9.97 Å². The van der Waals surface area contributed by atoms with Gasteiger partial charge in [-0.2, -0.15) is 0 Å². The highest BCUT2D eigenvalue weighted by Gasteiger charge is 2.15. The van der Waals surface area contributed by atoms with Gasteiger partial charge in [0.05, 0.1) is 31.8 Å². The Kier molecular flexibility index (Phi) is 8.63. The minimum absolute atomic E-state index is 0.775. The maximum Gasteiger partial charge on any atom is 0.153 e. The molecular formula is C40H42N4OS. The molecule has 0 aliphatic carbocycles. The molecule has 7 rings (SSSR count). The summed E-state index contributed by atoms with van der Waals surface area (Å²) in [7, 11) is 0. The molecule has 46 heavy (non-hydrogen) atoms. The van der Waals surface area contributed by atoms with Gasteiger partial charge < -0.3 is 14.4 Å². The van der Waals surface area contributed by atoms with Gasteiger partial charge in [0, 0.05) is 11.0 Å². The van der Waals surface area contributed by atoms with E-state index in [1.165, 1.54) is 31.7 Å². The zero-order chi connectivity index (χ0) is 31.6. The summed E-state index contributed by atoms with van der Waals surface area (Å²) in [5.41, 5.74) is 15.1. The van der Waals surface area contributed by atoms with Gasteiger partial charge in [-0.05, 0) is 121 Å². The molecule has 0 amide bonds. The molecule has 5 aromatic heterocycles. The smallest absolute Gasteiger partial charge is 0.153 e. The van der Waals surface area contributed by atoms with Crippen LogP contribution < -0.4 is 0 Å². The second-order valence-electron chi connectivity index (χ2n) is 12.3. The predicted octanol–water partition coefficient (Wildman–Crippen LogP) is 12.0. The summed E-state index contributed by atoms with van der Waals surface area (Å²) in [6.07, 6.45) is 12.7. The van der Waals surface area contributed by atoms with Crippen LogP contribution in [0.25, 0.3) is 65.9 Å². The number of furan rings is 1. The van der Waals surface area contributed by atoms with E-state index in [0.29, 0.717) is 0 Å². The maximum absolute atomic E-state index is 6.44. The Morgan fingerprint density at radius 2 is 1.00 bits per heavy atom. The Labute approximate surface area is 274 Å². The highest BCUT2D eigenvalue weighted by molar-refractivity contribution is 7.24. The van der Waals surface area contributed by atoms with E-state index in [-0.39, 0.29) is 0 Å². The van der Waals surface area contributed by atoms with Gasteiger partial charge in [-0.3, -0.25) is 0 Å². The molecular weight excluding hydrogens is 585 g/mol. The second kappa shape index (κ2) is 13.1. The fourth-order valence-electron chi connectivity index (χ4n) is 6.53. The van der Waals surface area contributed by atoms with Crippen molar-refractivity contribution in [3.05, 3.63) is 94.6 Å². The molecule has 0 radical (unpaired) electrons. The monoisotopic (exact) mass is 626 g/mol. The summed E-state index contributed by atoms with van der Waals surface area (Å²) in [6.45, 7) is 8.91. The van der Waals surface area contributed by atoms with Crippen LogP contribution in [0.5, 0.6) is 0 Å². The quantitative estimate of drug-likeness (QED) is 0.180. The summed E-state index contributed by atoms with van der Waals surface area (Å²) < 4.78 is 8.92. The van der Waals surface area contributed by atoms with Gasteiger partial charge in [0.1, 0.15) is 11.4 Å². The molecule has 0 fully saturated rings. The van der Waals surface area contributed by atoms with Crippen LogP contribution in [0.15, 0.2) is 65.1 Å². The van der Waals surface area contributed by atoms with Crippen molar-refractivity contribution in [2.75, 3.05) is 0 Å². The topological polar surface area (TPSA) is 70.5 Å². The van der Waals surface area contributed by atoms with Crippen molar-refractivity contribution in [1.82, 2.24) is 19.9 Å². The van der Waals surface area contributed by atoms with Crippen LogP contribution in [-0.4, -0.2) is 19.9 Å². The Balaban J connectivity index is 1.53. The zero-order valence-corrected chi connectivity index (χ0v) is 28.1. The number of nitrogens with zero attached hydrogens (tertiary/aromatic N) is 2. The van der Waals surface area contributed by atoms with Crippen LogP contribution in [0, 0.1) is 0 Å². The summed E-state index contributed by atoms with van der Waals surface area (Å²) in [5, 5.41) is 0. The number of fused-ring (bicyclic) bond motifs is 16. The molecule has 0 atom stereocenters. The van der Waals surface area contributed by atoms with Crippen LogP contribution in [0.2, 0.25) is 0 Å². The molecule has 5 aromatic rings. The standard InChI is InChI=1S/C40H42N4OS/c1-5-9-25-21-33-37-17-18-38(45-37)34-22-26(10-6-2)30(42-34)14-16-32-28(12-8-4)24-36(44-32)40-20-19-39(46-40)35-23-27(11-7-3)31(43-35)15-13-29(25)41-33/h13-24,43-44H,5-12H2,1-4H3. The number of nitrogens with one attached hydrogen (secondary N) is 2. The molecule has 0 aromatic carbocycles. The number of H-pyrrole nitrogens is 2. The van der Waals surface area contributed by atoms with E-state index in [4.69, 9.17) is 14.4 Å². The first kappa shape index (κ1) is 30.2. The fraction of sp³-hybridized carbons (Fsp3) is 0.300. The first-order valence-corrected chi connectivity index (χ1v) is 17.7. The summed E-state index contributed by atoms with van der Waals surface area (Å²) >= 11 is 1.83. The van der Waals surface area contributed by atoms with Crippen molar-refractivity contribution in [3.8, 4) is 0 Å². The maximum atomic E-state index is 6.44. The third-order valence-corrected chi connectivity index (χ3v) is 9.92. The minimum Gasteiger partial charge on any atom is -0.453 e. The average Bonchev–Trinajstić information content (AvgIpc) is 3.88. The number of aromatic nitrogens is 4. The van der Waals surface area contributed by atoms with Gasteiger partial charge in [0.2, 0.25) is 0 Å². The Bertz CT molecular complexity index is 2070. The highest BCUT2D eigenvalue weighted by atomic mass is 32.1. The van der Waals surface area contributed by atoms with E-state index >= 15 is 0 Å². The molecule has 6 heteroatoms. The highest BCUT2D eigenvalue weighted by Crippen LogP contribution is 2.33. The van der Waals surface area contributed by atoms with Gasteiger partial charge >= 0.3 is 0 Å². The largest absolute Gasteiger partial charge is 0.453 e. The Morgan fingerprint density at radius 3 is 1.43 bits per heavy atom. The van der Waals surface area contributed by atoms with E-state index in [1.54, 1.807) is 0 Å². The lowest BCUT2D eigenvalue weighted by atomic mass is 10.1. The summed E-state index contributed by atoms with van der Waals surface area (Å²) in [5.74, 6) is 0. The first-order chi connectivity index (χ1) is 22.6. The average molecular weight is 627 g/mol.